The highest BCUT2D eigenvalue weighted by Crippen LogP contribution is 2.38. The molecule has 0 spiro atoms. The maximum absolute atomic E-state index is 12.0. The quantitative estimate of drug-likeness (QED) is 0.582. The number of nitrogens with zero attached hydrogens (tertiary/aromatic N) is 1. The Balaban J connectivity index is 1.68. The highest BCUT2D eigenvalue weighted by molar-refractivity contribution is 8.00. The van der Waals surface area contributed by atoms with Crippen LogP contribution in [0.4, 0.5) is 0 Å². The minimum Gasteiger partial charge on any atom is -0.387 e. The molecule has 0 saturated carbocycles. The van der Waals surface area contributed by atoms with E-state index in [1.54, 1.807) is 24.3 Å². The smallest absolute Gasteiger partial charge is 0.387 e. The predicted molar refractivity (Wildman–Crippen MR) is 99.2 cm³/mol. The molecular weight excluding hydrogens is 395 g/mol. The number of aliphatic hydroxyl groups excluding tert-OH is 1. The number of hydrogen-bond donors (Lipinski definition) is 3. The van der Waals surface area contributed by atoms with Gasteiger partial charge in [-0.1, -0.05) is 18.2 Å². The first kappa shape index (κ1) is 19.8. The molecule has 11 heteroatoms. The van der Waals surface area contributed by atoms with Crippen molar-refractivity contribution in [3.05, 3.63) is 63.4 Å². The molecule has 0 radical (unpaired) electrons. The van der Waals surface area contributed by atoms with Crippen molar-refractivity contribution in [2.24, 2.45) is 0 Å². The minimum absolute atomic E-state index is 0.145. The molecule has 5 atom stereocenters. The van der Waals surface area contributed by atoms with E-state index in [-0.39, 0.29) is 6.61 Å². The van der Waals surface area contributed by atoms with Crippen molar-refractivity contribution in [2.45, 2.75) is 31.0 Å². The van der Waals surface area contributed by atoms with Gasteiger partial charge in [-0.3, -0.25) is 18.9 Å². The number of aromatic nitrogens is 2. The van der Waals surface area contributed by atoms with Gasteiger partial charge in [-0.25, -0.2) is 4.79 Å². The summed E-state index contributed by atoms with van der Waals surface area (Å²) in [7, 11) is -1.71. The van der Waals surface area contributed by atoms with Crippen molar-refractivity contribution in [1.82, 2.24) is 9.55 Å². The largest absolute Gasteiger partial charge is 0.573 e. The average molecular weight is 413 g/mol. The molecular formula is C16H18N2O7PS+. The molecule has 3 rings (SSSR count). The maximum Gasteiger partial charge on any atom is 0.573 e. The van der Waals surface area contributed by atoms with E-state index < -0.39 is 42.4 Å². The summed E-state index contributed by atoms with van der Waals surface area (Å²) in [5.74, 6) is 0.552. The van der Waals surface area contributed by atoms with E-state index >= 15 is 0 Å². The Morgan fingerprint density at radius 1 is 1.33 bits per heavy atom. The number of benzene rings is 1. The van der Waals surface area contributed by atoms with E-state index in [2.05, 4.69) is 4.98 Å². The second kappa shape index (κ2) is 7.97. The van der Waals surface area contributed by atoms with Gasteiger partial charge in [0.1, 0.15) is 24.4 Å². The fourth-order valence-corrected chi connectivity index (χ4v) is 3.77. The number of hydrogen-bond acceptors (Lipinski definition) is 8. The molecule has 1 aromatic heterocycles. The third kappa shape index (κ3) is 4.32. The zero-order valence-corrected chi connectivity index (χ0v) is 15.9. The predicted octanol–water partition coefficient (Wildman–Crippen LogP) is 0.415. The molecule has 1 saturated heterocycles. The lowest BCUT2D eigenvalue weighted by molar-refractivity contribution is -0.0983. The highest BCUT2D eigenvalue weighted by atomic mass is 32.4. The topological polar surface area (TPSA) is 123 Å². The highest BCUT2D eigenvalue weighted by Gasteiger charge is 2.54. The van der Waals surface area contributed by atoms with E-state index in [1.807, 2.05) is 6.07 Å². The van der Waals surface area contributed by atoms with Gasteiger partial charge in [-0.15, -0.1) is 4.52 Å². The molecule has 3 N–H and O–H groups in total. The monoisotopic (exact) mass is 413 g/mol. The van der Waals surface area contributed by atoms with Crippen molar-refractivity contribution in [1.29, 1.82) is 0 Å². The van der Waals surface area contributed by atoms with Gasteiger partial charge in [0, 0.05) is 12.3 Å². The van der Waals surface area contributed by atoms with Crippen LogP contribution in [-0.4, -0.2) is 44.2 Å². The summed E-state index contributed by atoms with van der Waals surface area (Å²) >= 11 is 5.13. The third-order valence-corrected chi connectivity index (χ3v) is 5.39. The van der Waals surface area contributed by atoms with Gasteiger partial charge in [-0.2, -0.15) is 0 Å². The Bertz CT molecular complexity index is 930. The van der Waals surface area contributed by atoms with Crippen molar-refractivity contribution in [3.8, 4) is 5.75 Å². The molecule has 1 aliphatic rings. The van der Waals surface area contributed by atoms with Crippen LogP contribution in [0.3, 0.4) is 0 Å². The number of ether oxygens (including phenoxy) is 1. The van der Waals surface area contributed by atoms with Crippen molar-refractivity contribution >= 4 is 19.0 Å². The van der Waals surface area contributed by atoms with E-state index in [4.69, 9.17) is 25.6 Å². The third-order valence-electron chi connectivity index (χ3n) is 4.13. The number of para-hydroxylation sites is 1. The molecule has 144 valence electrons. The Morgan fingerprint density at radius 2 is 2.04 bits per heavy atom. The zero-order chi connectivity index (χ0) is 19.6. The van der Waals surface area contributed by atoms with Crippen LogP contribution in [0.15, 0.2) is 52.2 Å². The second-order valence-electron chi connectivity index (χ2n) is 6.14. The second-order valence-corrected chi connectivity index (χ2v) is 7.92. The normalized spacial score (nSPS) is 28.1. The summed E-state index contributed by atoms with van der Waals surface area (Å²) in [5, 5.41) is 21.0. The molecule has 1 unspecified atom stereocenters. The van der Waals surface area contributed by atoms with E-state index in [0.717, 1.165) is 10.6 Å². The Morgan fingerprint density at radius 3 is 2.70 bits per heavy atom. The molecule has 9 nitrogen and oxygen atoms in total. The molecule has 2 aromatic rings. The Hall–Kier alpha value is -1.94. The zero-order valence-electron chi connectivity index (χ0n) is 14.2. The van der Waals surface area contributed by atoms with Gasteiger partial charge >= 0.3 is 12.8 Å². The lowest BCUT2D eigenvalue weighted by atomic mass is 9.96. The summed E-state index contributed by atoms with van der Waals surface area (Å²) < 4.78 is 17.5. The maximum atomic E-state index is 12.0. The molecule has 2 heterocycles. The van der Waals surface area contributed by atoms with Gasteiger partial charge in [0.05, 0.1) is 0 Å². The van der Waals surface area contributed by atoms with Crippen molar-refractivity contribution < 1.29 is 24.0 Å². The lowest BCUT2D eigenvalue weighted by Crippen LogP contribution is -2.46. The van der Waals surface area contributed by atoms with E-state index in [0.29, 0.717) is 5.75 Å². The Kier molecular flexibility index (Phi) is 5.85. The van der Waals surface area contributed by atoms with Gasteiger partial charge < -0.3 is 14.9 Å². The molecule has 0 aliphatic carbocycles. The fourth-order valence-electron chi connectivity index (χ4n) is 2.72. The van der Waals surface area contributed by atoms with Crippen molar-refractivity contribution in [3.63, 3.8) is 0 Å². The standard InChI is InChI=1S/C16H17N2O7PS/c1-16(22)13(20)11(9-23-26(27)25-10-5-3-2-4-6-10)24-14(16)18-8-7-12(19)17-15(18)21/h2-8,11,13-14,20,22H,9H2,1H3/p+1/t11-,13-,14-,16-/m1/s1. The van der Waals surface area contributed by atoms with Crippen LogP contribution in [0.5, 0.6) is 5.75 Å². The summed E-state index contributed by atoms with van der Waals surface area (Å²) in [4.78, 5) is 25.3. The summed E-state index contributed by atoms with van der Waals surface area (Å²) in [5.41, 5.74) is -3.13. The molecule has 1 aliphatic heterocycles. The number of aromatic amines is 1. The summed E-state index contributed by atoms with van der Waals surface area (Å²) in [6, 6.07) is 10.0. The Labute approximate surface area is 159 Å². The van der Waals surface area contributed by atoms with E-state index in [1.165, 1.54) is 13.1 Å². The van der Waals surface area contributed by atoms with Gasteiger partial charge in [-0.05, 0) is 19.1 Å². The molecule has 1 aromatic carbocycles. The SMILES string of the molecule is C[C@@]1(O)[C@H](O)[C@@H](CO[P+](=S)Oc2ccccc2)O[C@H]1n1ccc(=O)[nH]c1=O. The van der Waals surface area contributed by atoms with Crippen LogP contribution in [0, 0.1) is 0 Å². The first-order valence-electron chi connectivity index (χ1n) is 7.99. The molecule has 1 fully saturated rings. The van der Waals surface area contributed by atoms with Gasteiger partial charge in [0.25, 0.3) is 5.56 Å². The van der Waals surface area contributed by atoms with Crippen LogP contribution >= 0.6 is 7.15 Å². The molecule has 27 heavy (non-hydrogen) atoms. The number of nitrogens with one attached hydrogen (secondary N) is 1. The van der Waals surface area contributed by atoms with Crippen LogP contribution in [0.1, 0.15) is 13.2 Å². The number of H-pyrrole nitrogens is 1. The fraction of sp³-hybridized carbons (Fsp3) is 0.375. The van der Waals surface area contributed by atoms with Crippen LogP contribution < -0.4 is 15.8 Å². The first-order valence-corrected chi connectivity index (χ1v) is 10.2. The molecule has 0 amide bonds. The van der Waals surface area contributed by atoms with Gasteiger partial charge in [0.2, 0.25) is 11.8 Å². The van der Waals surface area contributed by atoms with Crippen LogP contribution in [-0.2, 0) is 21.1 Å². The summed E-state index contributed by atoms with van der Waals surface area (Å²) in [6.07, 6.45) is -2.32. The number of aliphatic hydroxyl groups is 2. The molecule has 0 bridgehead atoms. The van der Waals surface area contributed by atoms with Gasteiger partial charge in [0.15, 0.2) is 12.0 Å². The van der Waals surface area contributed by atoms with Crippen LogP contribution in [0.25, 0.3) is 0 Å². The average Bonchev–Trinajstić information content (AvgIpc) is 2.84. The van der Waals surface area contributed by atoms with E-state index in [9.17, 15) is 19.8 Å². The summed E-state index contributed by atoms with van der Waals surface area (Å²) in [6.45, 7) is 1.19. The first-order chi connectivity index (χ1) is 12.8. The number of rotatable bonds is 6. The minimum atomic E-state index is -1.79. The lowest BCUT2D eigenvalue weighted by Gasteiger charge is -2.27. The van der Waals surface area contributed by atoms with Crippen molar-refractivity contribution in [2.75, 3.05) is 6.61 Å². The van der Waals surface area contributed by atoms with Crippen LogP contribution in [0.2, 0.25) is 0 Å².